The second-order valence-corrected chi connectivity index (χ2v) is 8.16. The van der Waals surface area contributed by atoms with Crippen molar-refractivity contribution in [3.8, 4) is 5.69 Å². The summed E-state index contributed by atoms with van der Waals surface area (Å²) in [6.45, 7) is 2.46. The van der Waals surface area contributed by atoms with Gasteiger partial charge in [0.05, 0.1) is 18.3 Å². The molecular formula is C23H23FN8O2. The number of aliphatic hydroxyl groups is 1. The summed E-state index contributed by atoms with van der Waals surface area (Å²) in [5, 5.41) is 20.0. The van der Waals surface area contributed by atoms with Gasteiger partial charge in [-0.25, -0.2) is 28.5 Å². The van der Waals surface area contributed by atoms with E-state index in [1.54, 1.807) is 39.9 Å². The lowest BCUT2D eigenvalue weighted by Crippen LogP contribution is -2.53. The van der Waals surface area contributed by atoms with Gasteiger partial charge in [0, 0.05) is 24.3 Å². The summed E-state index contributed by atoms with van der Waals surface area (Å²) in [6, 6.07) is 12.4. The number of carbonyl (C=O) groups is 1. The Morgan fingerprint density at radius 3 is 2.38 bits per heavy atom. The zero-order valence-electron chi connectivity index (χ0n) is 18.4. The van der Waals surface area contributed by atoms with Gasteiger partial charge in [0.25, 0.3) is 0 Å². The number of hydrogen-bond acceptors (Lipinski definition) is 6. The third-order valence-electron chi connectivity index (χ3n) is 6.25. The highest BCUT2D eigenvalue weighted by Gasteiger charge is 2.46. The lowest BCUT2D eigenvalue weighted by atomic mass is 9.85. The molecule has 0 unspecified atom stereocenters. The molecule has 0 bridgehead atoms. The summed E-state index contributed by atoms with van der Waals surface area (Å²) in [5.41, 5.74) is -0.0997. The molecule has 11 heteroatoms. The van der Waals surface area contributed by atoms with Gasteiger partial charge in [0.15, 0.2) is 0 Å². The standard InChI is InChI=1S/C23H23FN8O2/c1-17(23(34,12-29-15-25-13-27-29)20-4-2-3-5-21(20)24)30-10-11-31(22(30)33)18-6-8-19(9-7-18)32-16-26-14-28-32/h2-9,13-17,34H,10-12H2,1H3/t17-,23-/m1/s1. The van der Waals surface area contributed by atoms with Gasteiger partial charge < -0.3 is 10.0 Å². The maximum absolute atomic E-state index is 14.8. The molecule has 3 heterocycles. The van der Waals surface area contributed by atoms with Crippen LogP contribution in [0.4, 0.5) is 14.9 Å². The Balaban J connectivity index is 1.42. The Bertz CT molecular complexity index is 1260. The van der Waals surface area contributed by atoms with Crippen LogP contribution in [-0.4, -0.2) is 64.7 Å². The molecule has 4 aromatic rings. The molecule has 0 saturated carbocycles. The van der Waals surface area contributed by atoms with E-state index in [0.29, 0.717) is 18.8 Å². The molecule has 1 fully saturated rings. The molecule has 2 aromatic heterocycles. The van der Waals surface area contributed by atoms with Gasteiger partial charge in [-0.15, -0.1) is 0 Å². The second kappa shape index (κ2) is 8.67. The van der Waals surface area contributed by atoms with Crippen LogP contribution in [0.3, 0.4) is 0 Å². The van der Waals surface area contributed by atoms with E-state index < -0.39 is 17.5 Å². The van der Waals surface area contributed by atoms with Gasteiger partial charge in [0.2, 0.25) is 0 Å². The normalized spacial score (nSPS) is 16.6. The van der Waals surface area contributed by atoms with Crippen LogP contribution < -0.4 is 4.90 Å². The molecule has 1 N–H and O–H groups in total. The summed E-state index contributed by atoms with van der Waals surface area (Å²) in [7, 11) is 0. The molecule has 2 amide bonds. The van der Waals surface area contributed by atoms with Crippen molar-refractivity contribution in [2.75, 3.05) is 18.0 Å². The Kier molecular flexibility index (Phi) is 5.54. The van der Waals surface area contributed by atoms with E-state index in [4.69, 9.17) is 0 Å². The number of rotatable bonds is 7. The Labute approximate surface area is 194 Å². The predicted octanol–water partition coefficient (Wildman–Crippen LogP) is 2.22. The number of halogens is 1. The van der Waals surface area contributed by atoms with Gasteiger partial charge in [-0.3, -0.25) is 4.90 Å². The SMILES string of the molecule is C[C@@H](N1CCN(c2ccc(-n3cncn3)cc2)C1=O)[C@](O)(Cn1cncn1)c1ccccc1F. The van der Waals surface area contributed by atoms with E-state index in [1.165, 1.54) is 35.8 Å². The molecule has 1 saturated heterocycles. The van der Waals surface area contributed by atoms with Crippen molar-refractivity contribution in [3.63, 3.8) is 0 Å². The fraction of sp³-hybridized carbons (Fsp3) is 0.261. The minimum Gasteiger partial charge on any atom is -0.381 e. The quantitative estimate of drug-likeness (QED) is 0.452. The smallest absolute Gasteiger partial charge is 0.324 e. The largest absolute Gasteiger partial charge is 0.381 e. The fourth-order valence-corrected chi connectivity index (χ4v) is 4.35. The van der Waals surface area contributed by atoms with Crippen molar-refractivity contribution in [2.24, 2.45) is 0 Å². The van der Waals surface area contributed by atoms with Crippen LogP contribution in [0.2, 0.25) is 0 Å². The fourth-order valence-electron chi connectivity index (χ4n) is 4.35. The number of anilines is 1. The number of amides is 2. The highest BCUT2D eigenvalue weighted by molar-refractivity contribution is 5.94. The molecule has 34 heavy (non-hydrogen) atoms. The van der Waals surface area contributed by atoms with Crippen molar-refractivity contribution < 1.29 is 14.3 Å². The summed E-state index contributed by atoms with van der Waals surface area (Å²) in [6.07, 6.45) is 5.84. The number of carbonyl (C=O) groups excluding carboxylic acids is 1. The predicted molar refractivity (Wildman–Crippen MR) is 121 cm³/mol. The van der Waals surface area contributed by atoms with E-state index in [2.05, 4.69) is 20.2 Å². The molecule has 0 aliphatic carbocycles. The monoisotopic (exact) mass is 462 g/mol. The average molecular weight is 462 g/mol. The lowest BCUT2D eigenvalue weighted by Gasteiger charge is -2.39. The number of hydrogen-bond donors (Lipinski definition) is 1. The molecule has 1 aliphatic rings. The third-order valence-corrected chi connectivity index (χ3v) is 6.25. The van der Waals surface area contributed by atoms with Crippen LogP contribution in [0.25, 0.3) is 5.69 Å². The molecule has 5 rings (SSSR count). The van der Waals surface area contributed by atoms with Gasteiger partial charge >= 0.3 is 6.03 Å². The molecule has 174 valence electrons. The molecule has 0 radical (unpaired) electrons. The highest BCUT2D eigenvalue weighted by Crippen LogP contribution is 2.34. The summed E-state index contributed by atoms with van der Waals surface area (Å²) in [5.74, 6) is -0.552. The molecule has 2 aromatic carbocycles. The molecule has 1 aliphatic heterocycles. The summed E-state index contributed by atoms with van der Waals surface area (Å²) >= 11 is 0. The van der Waals surface area contributed by atoms with Crippen molar-refractivity contribution >= 4 is 11.7 Å². The first kappa shape index (κ1) is 21.7. The lowest BCUT2D eigenvalue weighted by molar-refractivity contribution is -0.0474. The minimum absolute atomic E-state index is 0.0640. The summed E-state index contributed by atoms with van der Waals surface area (Å²) in [4.78, 5) is 24.5. The highest BCUT2D eigenvalue weighted by atomic mass is 19.1. The van der Waals surface area contributed by atoms with Crippen molar-refractivity contribution in [2.45, 2.75) is 25.1 Å². The first-order valence-electron chi connectivity index (χ1n) is 10.8. The Morgan fingerprint density at radius 1 is 1.00 bits per heavy atom. The van der Waals surface area contributed by atoms with E-state index in [0.717, 1.165) is 5.69 Å². The number of nitrogens with zero attached hydrogens (tertiary/aromatic N) is 8. The van der Waals surface area contributed by atoms with Crippen LogP contribution in [0, 0.1) is 5.82 Å². The minimum atomic E-state index is -1.73. The number of benzene rings is 2. The number of urea groups is 1. The van der Waals surface area contributed by atoms with E-state index in [1.807, 2.05) is 24.3 Å². The van der Waals surface area contributed by atoms with Crippen LogP contribution in [0.1, 0.15) is 12.5 Å². The van der Waals surface area contributed by atoms with Gasteiger partial charge in [-0.1, -0.05) is 18.2 Å². The van der Waals surface area contributed by atoms with Crippen LogP contribution in [-0.2, 0) is 12.1 Å². The first-order valence-corrected chi connectivity index (χ1v) is 10.8. The maximum atomic E-state index is 14.8. The van der Waals surface area contributed by atoms with Gasteiger partial charge in [-0.05, 0) is 37.3 Å². The second-order valence-electron chi connectivity index (χ2n) is 8.16. The van der Waals surface area contributed by atoms with Gasteiger partial charge in [-0.2, -0.15) is 10.2 Å². The zero-order valence-corrected chi connectivity index (χ0v) is 18.4. The van der Waals surface area contributed by atoms with Crippen molar-refractivity contribution in [1.82, 2.24) is 34.4 Å². The molecular weight excluding hydrogens is 439 g/mol. The molecule has 0 spiro atoms. The average Bonchev–Trinajstić information content (AvgIpc) is 3.62. The molecule has 10 nitrogen and oxygen atoms in total. The maximum Gasteiger partial charge on any atom is 0.324 e. The Hall–Kier alpha value is -4.12. The van der Waals surface area contributed by atoms with Crippen molar-refractivity contribution in [3.05, 3.63) is 85.2 Å². The first-order chi connectivity index (χ1) is 16.5. The van der Waals surface area contributed by atoms with Gasteiger partial charge in [0.1, 0.15) is 36.7 Å². The number of aromatic nitrogens is 6. The van der Waals surface area contributed by atoms with Crippen LogP contribution in [0.5, 0.6) is 0 Å². The topological polar surface area (TPSA) is 105 Å². The van der Waals surface area contributed by atoms with Crippen LogP contribution >= 0.6 is 0 Å². The zero-order chi connectivity index (χ0) is 23.7. The van der Waals surface area contributed by atoms with Crippen molar-refractivity contribution in [1.29, 1.82) is 0 Å². The molecule has 2 atom stereocenters. The Morgan fingerprint density at radius 2 is 1.71 bits per heavy atom. The van der Waals surface area contributed by atoms with Crippen LogP contribution in [0.15, 0.2) is 73.8 Å². The summed E-state index contributed by atoms with van der Waals surface area (Å²) < 4.78 is 17.9. The third kappa shape index (κ3) is 3.79. The van der Waals surface area contributed by atoms with E-state index in [9.17, 15) is 14.3 Å². The van der Waals surface area contributed by atoms with E-state index >= 15 is 0 Å². The van der Waals surface area contributed by atoms with E-state index in [-0.39, 0.29) is 18.1 Å².